The molecule has 0 aromatic carbocycles. The highest BCUT2D eigenvalue weighted by Gasteiger charge is 2.02. The number of allylic oxidation sites excluding steroid dienone is 6. The number of hydrogen-bond acceptors (Lipinski definition) is 3. The van der Waals surface area contributed by atoms with E-state index in [2.05, 4.69) is 43.4 Å². The fourth-order valence-corrected chi connectivity index (χ4v) is 2.50. The van der Waals surface area contributed by atoms with E-state index in [1.54, 1.807) is 0 Å². The summed E-state index contributed by atoms with van der Waals surface area (Å²) in [4.78, 5) is 11.6. The van der Waals surface area contributed by atoms with Crippen LogP contribution in [0.5, 0.6) is 0 Å². The predicted molar refractivity (Wildman–Crippen MR) is 116 cm³/mol. The minimum atomic E-state index is -0.0713. The number of esters is 1. The lowest BCUT2D eigenvalue weighted by molar-refractivity contribution is -0.144. The zero-order valence-corrected chi connectivity index (χ0v) is 18.0. The Labute approximate surface area is 167 Å². The number of unbranched alkanes of at least 4 members (excludes halogenated alkanes) is 7. The fourth-order valence-electron chi connectivity index (χ4n) is 2.50. The maximum Gasteiger partial charge on any atom is 0.305 e. The van der Waals surface area contributed by atoms with Gasteiger partial charge in [-0.1, -0.05) is 75.5 Å². The average molecular weight is 379 g/mol. The van der Waals surface area contributed by atoms with Crippen LogP contribution in [0.4, 0.5) is 0 Å². The molecule has 0 spiro atoms. The first-order valence-corrected chi connectivity index (χ1v) is 10.9. The van der Waals surface area contributed by atoms with Crippen molar-refractivity contribution >= 4 is 5.97 Å². The van der Waals surface area contributed by atoms with Crippen molar-refractivity contribution in [2.45, 2.75) is 97.5 Å². The van der Waals surface area contributed by atoms with Crippen LogP contribution in [0.3, 0.4) is 0 Å². The van der Waals surface area contributed by atoms with Gasteiger partial charge in [-0.25, -0.2) is 0 Å². The van der Waals surface area contributed by atoms with E-state index in [0.717, 1.165) is 25.7 Å². The van der Waals surface area contributed by atoms with Crippen LogP contribution >= 0.6 is 0 Å². The topological polar surface area (TPSA) is 35.5 Å². The monoisotopic (exact) mass is 378 g/mol. The van der Waals surface area contributed by atoms with Gasteiger partial charge < -0.3 is 9.47 Å². The van der Waals surface area contributed by atoms with Crippen LogP contribution in [0.2, 0.25) is 0 Å². The highest BCUT2D eigenvalue weighted by atomic mass is 16.5. The molecular formula is C24H42O3. The minimum absolute atomic E-state index is 0.0713. The van der Waals surface area contributed by atoms with Gasteiger partial charge in [0.25, 0.3) is 0 Å². The van der Waals surface area contributed by atoms with Crippen molar-refractivity contribution in [2.24, 2.45) is 0 Å². The molecule has 27 heavy (non-hydrogen) atoms. The lowest BCUT2D eigenvalue weighted by Gasteiger charge is -2.08. The summed E-state index contributed by atoms with van der Waals surface area (Å²) in [6.45, 7) is 7.36. The number of carbonyl (C=O) groups is 1. The Morgan fingerprint density at radius 3 is 2.07 bits per heavy atom. The van der Waals surface area contributed by atoms with Crippen molar-refractivity contribution in [3.63, 3.8) is 0 Å². The molecule has 0 bridgehead atoms. The lowest BCUT2D eigenvalue weighted by Crippen LogP contribution is -2.10. The van der Waals surface area contributed by atoms with Crippen LogP contribution in [0.25, 0.3) is 0 Å². The molecule has 156 valence electrons. The molecule has 0 rings (SSSR count). The third-order valence-corrected chi connectivity index (χ3v) is 4.08. The molecule has 0 aliphatic heterocycles. The van der Waals surface area contributed by atoms with E-state index in [1.165, 1.54) is 38.5 Å². The molecule has 0 radical (unpaired) electrons. The first-order chi connectivity index (χ1) is 13.2. The Balaban J connectivity index is 3.34. The summed E-state index contributed by atoms with van der Waals surface area (Å²) in [6.07, 6.45) is 25.0. The second kappa shape index (κ2) is 21.0. The standard InChI is InChI=1S/C24H42O3/c1-4-5-6-7-8-9-10-11-12-13-14-15-16-17-18-20-24(25)27-22-19-21-26-23(2)3/h7-12,23H,4-6,13-22H2,1-3H3. The molecule has 0 aliphatic carbocycles. The number of carbonyl (C=O) groups excluding carboxylic acids is 1. The first-order valence-electron chi connectivity index (χ1n) is 10.9. The lowest BCUT2D eigenvalue weighted by atomic mass is 10.1. The Bertz CT molecular complexity index is 408. The van der Waals surface area contributed by atoms with Gasteiger partial charge in [0.05, 0.1) is 19.3 Å². The third kappa shape index (κ3) is 22.6. The summed E-state index contributed by atoms with van der Waals surface area (Å²) in [5, 5.41) is 0. The van der Waals surface area contributed by atoms with Gasteiger partial charge in [-0.3, -0.25) is 4.79 Å². The zero-order valence-electron chi connectivity index (χ0n) is 18.0. The maximum atomic E-state index is 11.6. The molecule has 0 saturated carbocycles. The average Bonchev–Trinajstić information content (AvgIpc) is 2.64. The van der Waals surface area contributed by atoms with Crippen molar-refractivity contribution in [3.05, 3.63) is 36.5 Å². The molecule has 0 saturated heterocycles. The summed E-state index contributed by atoms with van der Waals surface area (Å²) >= 11 is 0. The van der Waals surface area contributed by atoms with Crippen molar-refractivity contribution in [1.82, 2.24) is 0 Å². The van der Waals surface area contributed by atoms with Gasteiger partial charge in [0.2, 0.25) is 0 Å². The predicted octanol–water partition coefficient (Wildman–Crippen LogP) is 6.93. The van der Waals surface area contributed by atoms with E-state index in [4.69, 9.17) is 9.47 Å². The van der Waals surface area contributed by atoms with E-state index < -0.39 is 0 Å². The Hall–Kier alpha value is -1.35. The Kier molecular flexibility index (Phi) is 19.9. The minimum Gasteiger partial charge on any atom is -0.466 e. The fraction of sp³-hybridized carbons (Fsp3) is 0.708. The van der Waals surface area contributed by atoms with E-state index in [1.807, 2.05) is 13.8 Å². The largest absolute Gasteiger partial charge is 0.466 e. The second-order valence-corrected chi connectivity index (χ2v) is 7.18. The molecule has 3 nitrogen and oxygen atoms in total. The normalized spacial score (nSPS) is 12.1. The van der Waals surface area contributed by atoms with Crippen LogP contribution < -0.4 is 0 Å². The number of rotatable bonds is 18. The van der Waals surface area contributed by atoms with Gasteiger partial charge in [-0.05, 0) is 39.5 Å². The van der Waals surface area contributed by atoms with Crippen LogP contribution in [0.15, 0.2) is 36.5 Å². The molecule has 0 aromatic heterocycles. The van der Waals surface area contributed by atoms with Crippen molar-refractivity contribution < 1.29 is 14.3 Å². The number of ether oxygens (including phenoxy) is 2. The highest BCUT2D eigenvalue weighted by molar-refractivity contribution is 5.69. The Morgan fingerprint density at radius 1 is 0.778 bits per heavy atom. The van der Waals surface area contributed by atoms with Crippen molar-refractivity contribution in [1.29, 1.82) is 0 Å². The molecule has 0 aromatic rings. The second-order valence-electron chi connectivity index (χ2n) is 7.18. The quantitative estimate of drug-likeness (QED) is 0.147. The summed E-state index contributed by atoms with van der Waals surface area (Å²) < 4.78 is 10.6. The van der Waals surface area contributed by atoms with Crippen LogP contribution in [-0.2, 0) is 14.3 Å². The summed E-state index contributed by atoms with van der Waals surface area (Å²) in [5.41, 5.74) is 0. The van der Waals surface area contributed by atoms with E-state index >= 15 is 0 Å². The maximum absolute atomic E-state index is 11.6. The Morgan fingerprint density at radius 2 is 1.41 bits per heavy atom. The molecule has 0 amide bonds. The molecular weight excluding hydrogens is 336 g/mol. The third-order valence-electron chi connectivity index (χ3n) is 4.08. The van der Waals surface area contributed by atoms with Crippen LogP contribution in [-0.4, -0.2) is 25.3 Å². The van der Waals surface area contributed by atoms with Gasteiger partial charge in [0.15, 0.2) is 0 Å². The zero-order chi connectivity index (χ0) is 20.0. The van der Waals surface area contributed by atoms with Gasteiger partial charge in [-0.15, -0.1) is 0 Å². The molecule has 0 N–H and O–H groups in total. The number of hydrogen-bond donors (Lipinski definition) is 0. The van der Waals surface area contributed by atoms with Crippen molar-refractivity contribution in [2.75, 3.05) is 13.2 Å². The summed E-state index contributed by atoms with van der Waals surface area (Å²) in [7, 11) is 0. The highest BCUT2D eigenvalue weighted by Crippen LogP contribution is 2.08. The van der Waals surface area contributed by atoms with Gasteiger partial charge in [0, 0.05) is 12.8 Å². The molecule has 0 heterocycles. The SMILES string of the molecule is CCCCC=CC=CC=CCCCCCCCC(=O)OCCCOC(C)C. The van der Waals surface area contributed by atoms with E-state index in [0.29, 0.717) is 19.6 Å². The molecule has 0 unspecified atom stereocenters. The van der Waals surface area contributed by atoms with Crippen LogP contribution in [0.1, 0.15) is 91.4 Å². The smallest absolute Gasteiger partial charge is 0.305 e. The summed E-state index contributed by atoms with van der Waals surface area (Å²) in [5.74, 6) is -0.0713. The van der Waals surface area contributed by atoms with Gasteiger partial charge in [0.1, 0.15) is 0 Å². The molecule has 3 heteroatoms. The van der Waals surface area contributed by atoms with Gasteiger partial charge >= 0.3 is 5.97 Å². The van der Waals surface area contributed by atoms with E-state index in [-0.39, 0.29) is 12.1 Å². The van der Waals surface area contributed by atoms with E-state index in [9.17, 15) is 4.79 Å². The molecule has 0 atom stereocenters. The molecule has 0 aliphatic rings. The first kappa shape index (κ1) is 25.6. The van der Waals surface area contributed by atoms with Crippen LogP contribution in [0, 0.1) is 0 Å². The van der Waals surface area contributed by atoms with Crippen molar-refractivity contribution in [3.8, 4) is 0 Å². The summed E-state index contributed by atoms with van der Waals surface area (Å²) in [6, 6.07) is 0. The molecule has 0 fully saturated rings. The van der Waals surface area contributed by atoms with Gasteiger partial charge in [-0.2, -0.15) is 0 Å².